The summed E-state index contributed by atoms with van der Waals surface area (Å²) in [5.74, 6) is 0. The zero-order chi connectivity index (χ0) is 50.5. The minimum absolute atomic E-state index is 0.0338. The average molecular weight is 956 g/mol. The number of benzene rings is 10. The standard InChI is InChI=1S/C69H58BN3O/c1-45-40-63-67-64(41-45)73(52-32-26-46(27-33-52)48-28-37-57-56-23-15-17-25-65(56)74-66(57)42-48)62-44-54(71(51-20-12-9-13-21-51)60-24-16-14-22-55(60)47-18-10-8-11-19-47)36-38-58(62)70(67)59-43-50(69(5,6)7)31-39-61(59)72(63)53-34-29-49(30-35-53)68(2,3)4/h8-44H,1-7H3. The predicted molar refractivity (Wildman–Crippen MR) is 315 cm³/mol. The van der Waals surface area contributed by atoms with E-state index in [-0.39, 0.29) is 17.5 Å². The van der Waals surface area contributed by atoms with Crippen LogP contribution in [0.1, 0.15) is 58.2 Å². The van der Waals surface area contributed by atoms with Crippen molar-refractivity contribution in [1.82, 2.24) is 0 Å². The van der Waals surface area contributed by atoms with Crippen LogP contribution in [0.5, 0.6) is 0 Å². The second-order valence-electron chi connectivity index (χ2n) is 22.3. The van der Waals surface area contributed by atoms with Crippen LogP contribution < -0.4 is 31.1 Å². The average Bonchev–Trinajstić information content (AvgIpc) is 3.80. The lowest BCUT2D eigenvalue weighted by Gasteiger charge is -2.45. The molecule has 0 saturated heterocycles. The largest absolute Gasteiger partial charge is 0.456 e. The van der Waals surface area contributed by atoms with E-state index in [9.17, 15) is 0 Å². The van der Waals surface area contributed by atoms with E-state index in [2.05, 4.69) is 275 Å². The second kappa shape index (κ2) is 17.3. The number of para-hydroxylation sites is 3. The monoisotopic (exact) mass is 955 g/mol. The number of aryl methyl sites for hydroxylation is 1. The molecule has 10 aromatic carbocycles. The van der Waals surface area contributed by atoms with Gasteiger partial charge in [-0.15, -0.1) is 0 Å². The van der Waals surface area contributed by atoms with Crippen LogP contribution in [0.3, 0.4) is 0 Å². The molecule has 3 heterocycles. The van der Waals surface area contributed by atoms with Crippen molar-refractivity contribution in [3.8, 4) is 22.3 Å². The van der Waals surface area contributed by atoms with Crippen molar-refractivity contribution in [2.24, 2.45) is 0 Å². The zero-order valence-electron chi connectivity index (χ0n) is 43.2. The molecular formula is C69H58BN3O. The summed E-state index contributed by atoms with van der Waals surface area (Å²) in [4.78, 5) is 7.51. The van der Waals surface area contributed by atoms with E-state index in [1.165, 1.54) is 61.3 Å². The van der Waals surface area contributed by atoms with Gasteiger partial charge in [-0.2, -0.15) is 0 Å². The molecule has 0 aliphatic carbocycles. The first-order valence-corrected chi connectivity index (χ1v) is 26.0. The summed E-state index contributed by atoms with van der Waals surface area (Å²) >= 11 is 0. The smallest absolute Gasteiger partial charge is 0.252 e. The molecule has 5 heteroatoms. The lowest BCUT2D eigenvalue weighted by atomic mass is 9.33. The lowest BCUT2D eigenvalue weighted by Crippen LogP contribution is -2.61. The van der Waals surface area contributed by atoms with Crippen LogP contribution in [0.2, 0.25) is 0 Å². The van der Waals surface area contributed by atoms with Gasteiger partial charge in [-0.1, -0.05) is 175 Å². The quantitative estimate of drug-likeness (QED) is 0.149. The fraction of sp³-hybridized carbons (Fsp3) is 0.130. The molecule has 358 valence electrons. The van der Waals surface area contributed by atoms with Crippen LogP contribution >= 0.6 is 0 Å². The van der Waals surface area contributed by atoms with Gasteiger partial charge in [0.1, 0.15) is 11.2 Å². The molecule has 4 nitrogen and oxygen atoms in total. The van der Waals surface area contributed by atoms with Crippen LogP contribution in [0.4, 0.5) is 51.2 Å². The van der Waals surface area contributed by atoms with Crippen molar-refractivity contribution in [2.75, 3.05) is 14.7 Å². The first kappa shape index (κ1) is 45.3. The predicted octanol–water partition coefficient (Wildman–Crippen LogP) is 17.4. The highest BCUT2D eigenvalue weighted by Gasteiger charge is 2.44. The van der Waals surface area contributed by atoms with Crippen molar-refractivity contribution in [2.45, 2.75) is 59.3 Å². The Morgan fingerprint density at radius 3 is 1.72 bits per heavy atom. The maximum absolute atomic E-state index is 6.38. The van der Waals surface area contributed by atoms with Gasteiger partial charge in [-0.25, -0.2) is 0 Å². The van der Waals surface area contributed by atoms with E-state index in [0.29, 0.717) is 0 Å². The third-order valence-electron chi connectivity index (χ3n) is 15.4. The molecule has 0 N–H and O–H groups in total. The number of nitrogens with zero attached hydrogens (tertiary/aromatic N) is 3. The van der Waals surface area contributed by atoms with Crippen molar-refractivity contribution in [1.29, 1.82) is 0 Å². The highest BCUT2D eigenvalue weighted by Crippen LogP contribution is 2.48. The SMILES string of the molecule is Cc1cc2c3c(c1)N(c1ccc(-c4ccc5c(c4)oc4ccccc45)cc1)c1cc(N(c4ccccc4)c4ccccc4-c4ccccc4)ccc1B3c1cc(C(C)(C)C)ccc1N2c1ccc(C(C)(C)C)cc1. The zero-order valence-corrected chi connectivity index (χ0v) is 43.2. The van der Waals surface area contributed by atoms with Crippen molar-refractivity contribution >= 4 is 96.2 Å². The fourth-order valence-corrected chi connectivity index (χ4v) is 11.6. The van der Waals surface area contributed by atoms with Crippen molar-refractivity contribution < 1.29 is 4.42 Å². The third-order valence-corrected chi connectivity index (χ3v) is 15.4. The summed E-state index contributed by atoms with van der Waals surface area (Å²) in [5.41, 5.74) is 24.4. The number of hydrogen-bond acceptors (Lipinski definition) is 4. The summed E-state index contributed by atoms with van der Waals surface area (Å²) in [7, 11) is 0. The van der Waals surface area contributed by atoms with Gasteiger partial charge in [-0.05, 0) is 159 Å². The maximum Gasteiger partial charge on any atom is 0.252 e. The van der Waals surface area contributed by atoms with Crippen LogP contribution in [0, 0.1) is 6.92 Å². The number of anilines is 9. The van der Waals surface area contributed by atoms with Gasteiger partial charge in [0.05, 0.1) is 5.69 Å². The Kier molecular flexibility index (Phi) is 10.6. The summed E-state index contributed by atoms with van der Waals surface area (Å²) in [6.45, 7) is 16.1. The topological polar surface area (TPSA) is 22.9 Å². The van der Waals surface area contributed by atoms with E-state index in [1.54, 1.807) is 0 Å². The van der Waals surface area contributed by atoms with Crippen LogP contribution in [-0.2, 0) is 10.8 Å². The van der Waals surface area contributed by atoms with E-state index in [1.807, 2.05) is 12.1 Å². The number of fused-ring (bicyclic) bond motifs is 7. The number of hydrogen-bond donors (Lipinski definition) is 0. The first-order chi connectivity index (χ1) is 35.9. The number of furan rings is 1. The molecule has 2 aliphatic heterocycles. The van der Waals surface area contributed by atoms with E-state index >= 15 is 0 Å². The summed E-state index contributed by atoms with van der Waals surface area (Å²) in [6.07, 6.45) is 0. The Morgan fingerprint density at radius 1 is 0.405 bits per heavy atom. The van der Waals surface area contributed by atoms with E-state index in [4.69, 9.17) is 4.42 Å². The summed E-state index contributed by atoms with van der Waals surface area (Å²) < 4.78 is 6.38. The Balaban J connectivity index is 1.05. The molecule has 0 atom stereocenters. The molecule has 11 aromatic rings. The third kappa shape index (κ3) is 7.60. The minimum Gasteiger partial charge on any atom is -0.456 e. The van der Waals surface area contributed by atoms with Gasteiger partial charge in [0, 0.05) is 61.8 Å². The Bertz CT molecular complexity index is 3940. The lowest BCUT2D eigenvalue weighted by molar-refractivity contribution is 0.590. The maximum atomic E-state index is 6.38. The number of rotatable bonds is 7. The van der Waals surface area contributed by atoms with E-state index < -0.39 is 0 Å². The van der Waals surface area contributed by atoms with Crippen LogP contribution in [-0.4, -0.2) is 6.71 Å². The van der Waals surface area contributed by atoms with E-state index in [0.717, 1.165) is 67.2 Å². The first-order valence-electron chi connectivity index (χ1n) is 26.0. The molecule has 0 unspecified atom stereocenters. The molecular weight excluding hydrogens is 898 g/mol. The van der Waals surface area contributed by atoms with Gasteiger partial charge in [0.25, 0.3) is 6.71 Å². The molecule has 74 heavy (non-hydrogen) atoms. The molecule has 0 bridgehead atoms. The minimum atomic E-state index is -0.0585. The normalized spacial score (nSPS) is 13.0. The Labute approximate surface area is 435 Å². The Morgan fingerprint density at radius 2 is 1.00 bits per heavy atom. The molecule has 13 rings (SSSR count). The fourth-order valence-electron chi connectivity index (χ4n) is 11.6. The van der Waals surface area contributed by atoms with Gasteiger partial charge >= 0.3 is 0 Å². The molecule has 0 saturated carbocycles. The van der Waals surface area contributed by atoms with Gasteiger partial charge in [-0.3, -0.25) is 0 Å². The molecule has 1 aromatic heterocycles. The Hall–Kier alpha value is -8.54. The summed E-state index contributed by atoms with van der Waals surface area (Å²) in [6, 6.07) is 83.0. The highest BCUT2D eigenvalue weighted by atomic mass is 16.3. The molecule has 0 amide bonds. The van der Waals surface area contributed by atoms with Crippen molar-refractivity contribution in [3.63, 3.8) is 0 Å². The van der Waals surface area contributed by atoms with Gasteiger partial charge in [0.2, 0.25) is 0 Å². The molecule has 0 fully saturated rings. The van der Waals surface area contributed by atoms with Crippen LogP contribution in [0.15, 0.2) is 229 Å². The molecule has 0 radical (unpaired) electrons. The molecule has 0 spiro atoms. The second-order valence-corrected chi connectivity index (χ2v) is 22.3. The molecule has 2 aliphatic rings. The van der Waals surface area contributed by atoms with Crippen molar-refractivity contribution in [3.05, 3.63) is 241 Å². The highest BCUT2D eigenvalue weighted by molar-refractivity contribution is 7.00. The van der Waals surface area contributed by atoms with Gasteiger partial charge < -0.3 is 19.1 Å². The van der Waals surface area contributed by atoms with Gasteiger partial charge in [0.15, 0.2) is 0 Å². The summed E-state index contributed by atoms with van der Waals surface area (Å²) in [5, 5.41) is 2.27. The van der Waals surface area contributed by atoms with Crippen LogP contribution in [0.25, 0.3) is 44.2 Å².